The quantitative estimate of drug-likeness (QED) is 0.551. The molecule has 9 heteroatoms. The second-order valence-corrected chi connectivity index (χ2v) is 5.98. The number of nitrogens with one attached hydrogen (secondary N) is 2. The number of rotatable bonds is 4. The molecule has 2 rings (SSSR count). The SMILES string of the molecule is CS(=O)(=O)Nc1ccnc2[nH]cc(/C=C(/C#N)C(N)=O)c12. The van der Waals surface area contributed by atoms with Gasteiger partial charge < -0.3 is 10.7 Å². The van der Waals surface area contributed by atoms with Crippen LogP contribution in [0.15, 0.2) is 24.0 Å². The monoisotopic (exact) mass is 305 g/mol. The summed E-state index contributed by atoms with van der Waals surface area (Å²) < 4.78 is 25.1. The molecule has 8 nitrogen and oxygen atoms in total. The lowest BCUT2D eigenvalue weighted by Crippen LogP contribution is -2.12. The Balaban J connectivity index is 2.67. The van der Waals surface area contributed by atoms with E-state index in [1.54, 1.807) is 6.07 Å². The van der Waals surface area contributed by atoms with Crippen molar-refractivity contribution in [3.8, 4) is 6.07 Å². The molecular weight excluding hydrogens is 294 g/mol. The van der Waals surface area contributed by atoms with Gasteiger partial charge in [-0.3, -0.25) is 9.52 Å². The summed E-state index contributed by atoms with van der Waals surface area (Å²) in [6.45, 7) is 0. The van der Waals surface area contributed by atoms with Crippen LogP contribution in [0.4, 0.5) is 5.69 Å². The number of H-pyrrole nitrogens is 1. The third-order valence-corrected chi connectivity index (χ3v) is 3.18. The Morgan fingerprint density at radius 2 is 2.29 bits per heavy atom. The van der Waals surface area contributed by atoms with Gasteiger partial charge in [0.15, 0.2) is 0 Å². The molecule has 0 aromatic carbocycles. The molecule has 21 heavy (non-hydrogen) atoms. The highest BCUT2D eigenvalue weighted by Crippen LogP contribution is 2.27. The average Bonchev–Trinajstić information content (AvgIpc) is 2.78. The largest absolute Gasteiger partial charge is 0.365 e. The van der Waals surface area contributed by atoms with Gasteiger partial charge in [-0.05, 0) is 12.1 Å². The molecule has 108 valence electrons. The van der Waals surface area contributed by atoms with E-state index in [1.165, 1.54) is 24.5 Å². The summed E-state index contributed by atoms with van der Waals surface area (Å²) >= 11 is 0. The normalized spacial score (nSPS) is 12.1. The summed E-state index contributed by atoms with van der Waals surface area (Å²) in [5.74, 6) is -0.867. The predicted octanol–water partition coefficient (Wildman–Crippen LogP) is 0.327. The number of nitrogens with two attached hydrogens (primary N) is 1. The number of aromatic amines is 1. The Hall–Kier alpha value is -2.86. The number of nitrogens with zero attached hydrogens (tertiary/aromatic N) is 2. The Morgan fingerprint density at radius 3 is 2.86 bits per heavy atom. The van der Waals surface area contributed by atoms with E-state index < -0.39 is 15.9 Å². The number of nitriles is 1. The van der Waals surface area contributed by atoms with Crippen LogP contribution < -0.4 is 10.5 Å². The van der Waals surface area contributed by atoms with E-state index in [9.17, 15) is 13.2 Å². The van der Waals surface area contributed by atoms with Gasteiger partial charge in [-0.25, -0.2) is 13.4 Å². The van der Waals surface area contributed by atoms with Crippen LogP contribution in [-0.4, -0.2) is 30.5 Å². The van der Waals surface area contributed by atoms with Crippen LogP contribution in [0.3, 0.4) is 0 Å². The van der Waals surface area contributed by atoms with Crippen LogP contribution in [0.2, 0.25) is 0 Å². The zero-order valence-electron chi connectivity index (χ0n) is 10.9. The van der Waals surface area contributed by atoms with Crippen molar-refractivity contribution >= 4 is 38.7 Å². The van der Waals surface area contributed by atoms with Gasteiger partial charge in [-0.1, -0.05) is 0 Å². The van der Waals surface area contributed by atoms with Crippen LogP contribution in [0.5, 0.6) is 0 Å². The van der Waals surface area contributed by atoms with Crippen LogP contribution in [0.1, 0.15) is 5.56 Å². The molecule has 0 saturated carbocycles. The second kappa shape index (κ2) is 5.26. The fourth-order valence-corrected chi connectivity index (χ4v) is 2.36. The summed E-state index contributed by atoms with van der Waals surface area (Å²) in [5, 5.41) is 9.31. The number of pyridine rings is 1. The molecule has 0 spiro atoms. The molecule has 0 unspecified atom stereocenters. The lowest BCUT2D eigenvalue weighted by molar-refractivity contribution is -0.114. The van der Waals surface area contributed by atoms with Gasteiger partial charge in [0.25, 0.3) is 5.91 Å². The summed E-state index contributed by atoms with van der Waals surface area (Å²) in [6, 6.07) is 3.16. The molecule has 1 amide bonds. The Labute approximate surface area is 120 Å². The van der Waals surface area contributed by atoms with Crippen LogP contribution in [0.25, 0.3) is 17.1 Å². The standard InChI is InChI=1S/C12H11N5O3S/c1-21(19,20)17-9-2-3-15-12-10(9)8(6-16-12)4-7(5-13)11(14)18/h2-4,6H,1H3,(H2,14,18)(H2,15,16,17)/b7-4-. The van der Waals surface area contributed by atoms with Gasteiger partial charge in [0.05, 0.1) is 17.3 Å². The van der Waals surface area contributed by atoms with E-state index in [-0.39, 0.29) is 11.3 Å². The van der Waals surface area contributed by atoms with Crippen molar-refractivity contribution < 1.29 is 13.2 Å². The van der Waals surface area contributed by atoms with E-state index in [0.29, 0.717) is 16.6 Å². The number of hydrogen-bond donors (Lipinski definition) is 3. The lowest BCUT2D eigenvalue weighted by Gasteiger charge is -2.05. The molecule has 0 radical (unpaired) electrons. The smallest absolute Gasteiger partial charge is 0.259 e. The first kappa shape index (κ1) is 14.5. The maximum Gasteiger partial charge on any atom is 0.259 e. The van der Waals surface area contributed by atoms with Gasteiger partial charge >= 0.3 is 0 Å². The Morgan fingerprint density at radius 1 is 1.57 bits per heavy atom. The number of anilines is 1. The third-order valence-electron chi connectivity index (χ3n) is 2.59. The van der Waals surface area contributed by atoms with Crippen LogP contribution >= 0.6 is 0 Å². The first-order valence-electron chi connectivity index (χ1n) is 5.67. The van der Waals surface area contributed by atoms with Gasteiger partial charge in [-0.2, -0.15) is 5.26 Å². The van der Waals surface area contributed by atoms with Crippen molar-refractivity contribution in [1.82, 2.24) is 9.97 Å². The van der Waals surface area contributed by atoms with Gasteiger partial charge in [0, 0.05) is 18.0 Å². The first-order valence-corrected chi connectivity index (χ1v) is 7.56. The molecular formula is C12H11N5O3S. The number of carbonyl (C=O) groups is 1. The van der Waals surface area contributed by atoms with Crippen LogP contribution in [0, 0.1) is 11.3 Å². The molecule has 2 aromatic rings. The fraction of sp³-hybridized carbons (Fsp3) is 0.0833. The number of aromatic nitrogens is 2. The van der Waals surface area contributed by atoms with Gasteiger partial charge in [0.2, 0.25) is 10.0 Å². The molecule has 2 heterocycles. The maximum atomic E-state index is 11.4. The van der Waals surface area contributed by atoms with Crippen molar-refractivity contribution in [1.29, 1.82) is 5.26 Å². The molecule has 0 aliphatic heterocycles. The van der Waals surface area contributed by atoms with Crippen molar-refractivity contribution in [2.45, 2.75) is 0 Å². The Kier molecular flexibility index (Phi) is 3.64. The Bertz CT molecular complexity index is 889. The zero-order chi connectivity index (χ0) is 15.6. The number of amides is 1. The predicted molar refractivity (Wildman–Crippen MR) is 77.3 cm³/mol. The summed E-state index contributed by atoms with van der Waals surface area (Å²) in [6.07, 6.45) is 5.23. The van der Waals surface area contributed by atoms with E-state index in [2.05, 4.69) is 14.7 Å². The summed E-state index contributed by atoms with van der Waals surface area (Å²) in [4.78, 5) is 18.0. The van der Waals surface area contributed by atoms with Crippen LogP contribution in [-0.2, 0) is 14.8 Å². The first-order chi connectivity index (χ1) is 9.81. The van der Waals surface area contributed by atoms with Gasteiger partial charge in [0.1, 0.15) is 17.3 Å². The van der Waals surface area contributed by atoms with E-state index in [0.717, 1.165) is 6.26 Å². The highest BCUT2D eigenvalue weighted by Gasteiger charge is 2.13. The molecule has 0 bridgehead atoms. The number of primary amides is 1. The highest BCUT2D eigenvalue weighted by molar-refractivity contribution is 7.92. The molecule has 0 aliphatic carbocycles. The minimum atomic E-state index is -3.48. The van der Waals surface area contributed by atoms with E-state index >= 15 is 0 Å². The number of sulfonamides is 1. The topological polar surface area (TPSA) is 142 Å². The molecule has 0 aliphatic rings. The maximum absolute atomic E-state index is 11.4. The summed E-state index contributed by atoms with van der Waals surface area (Å²) in [5.41, 5.74) is 5.97. The van der Waals surface area contributed by atoms with Crippen molar-refractivity contribution in [2.75, 3.05) is 11.0 Å². The second-order valence-electron chi connectivity index (χ2n) is 4.23. The fourth-order valence-electron chi connectivity index (χ4n) is 1.79. The minimum Gasteiger partial charge on any atom is -0.365 e. The molecule has 0 atom stereocenters. The number of hydrogen-bond acceptors (Lipinski definition) is 5. The summed E-state index contributed by atoms with van der Waals surface area (Å²) in [7, 11) is -3.48. The molecule has 0 saturated heterocycles. The average molecular weight is 305 g/mol. The number of carbonyl (C=O) groups excluding carboxylic acids is 1. The van der Waals surface area contributed by atoms with E-state index in [4.69, 9.17) is 11.0 Å². The minimum absolute atomic E-state index is 0.245. The number of fused-ring (bicyclic) bond motifs is 1. The molecule has 4 N–H and O–H groups in total. The van der Waals surface area contributed by atoms with Gasteiger partial charge in [-0.15, -0.1) is 0 Å². The highest BCUT2D eigenvalue weighted by atomic mass is 32.2. The van der Waals surface area contributed by atoms with E-state index in [1.807, 2.05) is 0 Å². The van der Waals surface area contributed by atoms with Crippen molar-refractivity contribution in [3.05, 3.63) is 29.6 Å². The molecule has 2 aromatic heterocycles. The lowest BCUT2D eigenvalue weighted by atomic mass is 10.1. The zero-order valence-corrected chi connectivity index (χ0v) is 11.7. The van der Waals surface area contributed by atoms with Crippen molar-refractivity contribution in [2.24, 2.45) is 5.73 Å². The third kappa shape index (κ3) is 3.18. The molecule has 0 fully saturated rings. The van der Waals surface area contributed by atoms with Crippen molar-refractivity contribution in [3.63, 3.8) is 0 Å².